The van der Waals surface area contributed by atoms with Crippen LogP contribution in [0.2, 0.25) is 0 Å². The minimum atomic E-state index is -0.897. The molecule has 1 aromatic carbocycles. The Balaban J connectivity index is 1.56. The SMILES string of the molecule is CN(C(=O)Nc1ncc(SCC(=O)O)s1)C1CCC(c2cccc(C(N)=O)c2)C1. The van der Waals surface area contributed by atoms with E-state index in [2.05, 4.69) is 10.3 Å². The average molecular weight is 435 g/mol. The van der Waals surface area contributed by atoms with Crippen LogP contribution in [0.25, 0.3) is 0 Å². The molecule has 1 aromatic heterocycles. The van der Waals surface area contributed by atoms with Crippen LogP contribution in [0.3, 0.4) is 0 Å². The lowest BCUT2D eigenvalue weighted by Gasteiger charge is -2.24. The number of carbonyl (C=O) groups excluding carboxylic acids is 2. The van der Waals surface area contributed by atoms with Crippen molar-refractivity contribution < 1.29 is 19.5 Å². The number of hydrogen-bond acceptors (Lipinski definition) is 6. The van der Waals surface area contributed by atoms with Gasteiger partial charge < -0.3 is 15.7 Å². The summed E-state index contributed by atoms with van der Waals surface area (Å²) in [5, 5.41) is 12.0. The summed E-state index contributed by atoms with van der Waals surface area (Å²) in [6.07, 6.45) is 4.17. The smallest absolute Gasteiger partial charge is 0.323 e. The Kier molecular flexibility index (Phi) is 6.75. The van der Waals surface area contributed by atoms with Crippen molar-refractivity contribution in [2.75, 3.05) is 18.1 Å². The number of thiazole rings is 1. The molecule has 3 rings (SSSR count). The normalized spacial score (nSPS) is 18.4. The molecule has 0 saturated heterocycles. The number of nitrogens with one attached hydrogen (secondary N) is 1. The Labute approximate surface area is 176 Å². The van der Waals surface area contributed by atoms with E-state index in [0.29, 0.717) is 10.7 Å². The number of carboxylic acid groups (broad SMARTS) is 1. The summed E-state index contributed by atoms with van der Waals surface area (Å²) >= 11 is 2.42. The summed E-state index contributed by atoms with van der Waals surface area (Å²) in [6, 6.07) is 7.20. The second kappa shape index (κ2) is 9.27. The number of thioether (sulfide) groups is 1. The van der Waals surface area contributed by atoms with Gasteiger partial charge in [0.2, 0.25) is 5.91 Å². The molecule has 1 aliphatic carbocycles. The minimum absolute atomic E-state index is 0.0457. The largest absolute Gasteiger partial charge is 0.481 e. The number of aliphatic carboxylic acids is 1. The number of benzene rings is 1. The van der Waals surface area contributed by atoms with E-state index in [-0.39, 0.29) is 23.7 Å². The number of primary amides is 1. The van der Waals surface area contributed by atoms with Gasteiger partial charge in [-0.15, -0.1) is 11.8 Å². The number of amides is 3. The number of carbonyl (C=O) groups is 3. The van der Waals surface area contributed by atoms with Crippen LogP contribution in [0.15, 0.2) is 34.7 Å². The first-order valence-corrected chi connectivity index (χ1v) is 10.9. The van der Waals surface area contributed by atoms with Gasteiger partial charge in [-0.05, 0) is 42.9 Å². The number of urea groups is 1. The van der Waals surface area contributed by atoms with E-state index in [1.807, 2.05) is 18.2 Å². The van der Waals surface area contributed by atoms with Crippen LogP contribution >= 0.6 is 23.1 Å². The molecule has 154 valence electrons. The lowest BCUT2D eigenvalue weighted by atomic mass is 9.95. The predicted octanol–water partition coefficient (Wildman–Crippen LogP) is 3.22. The molecule has 1 aliphatic rings. The maximum absolute atomic E-state index is 12.6. The monoisotopic (exact) mass is 434 g/mol. The fourth-order valence-electron chi connectivity index (χ4n) is 3.42. The van der Waals surface area contributed by atoms with E-state index < -0.39 is 11.9 Å². The zero-order valence-electron chi connectivity index (χ0n) is 15.8. The van der Waals surface area contributed by atoms with Crippen molar-refractivity contribution in [2.45, 2.75) is 35.4 Å². The van der Waals surface area contributed by atoms with Crippen molar-refractivity contribution in [1.82, 2.24) is 9.88 Å². The summed E-state index contributed by atoms with van der Waals surface area (Å²) in [6.45, 7) is 0. The Morgan fingerprint density at radius 1 is 1.38 bits per heavy atom. The highest BCUT2D eigenvalue weighted by Crippen LogP contribution is 2.37. The van der Waals surface area contributed by atoms with Gasteiger partial charge in [-0.25, -0.2) is 9.78 Å². The van der Waals surface area contributed by atoms with Crippen LogP contribution in [0.5, 0.6) is 0 Å². The van der Waals surface area contributed by atoms with Crippen LogP contribution < -0.4 is 11.1 Å². The molecule has 3 amide bonds. The first-order chi connectivity index (χ1) is 13.8. The Hall–Kier alpha value is -2.59. The van der Waals surface area contributed by atoms with Crippen LogP contribution in [0, 0.1) is 0 Å². The molecule has 2 atom stereocenters. The minimum Gasteiger partial charge on any atom is -0.481 e. The number of hydrogen-bond donors (Lipinski definition) is 3. The summed E-state index contributed by atoms with van der Waals surface area (Å²) in [5.41, 5.74) is 6.93. The summed E-state index contributed by atoms with van der Waals surface area (Å²) in [7, 11) is 1.76. The van der Waals surface area contributed by atoms with E-state index in [0.717, 1.165) is 29.0 Å². The fraction of sp³-hybridized carbons (Fsp3) is 0.368. The van der Waals surface area contributed by atoms with Crippen molar-refractivity contribution in [3.63, 3.8) is 0 Å². The molecule has 2 aromatic rings. The molecule has 8 nitrogen and oxygen atoms in total. The van der Waals surface area contributed by atoms with Crippen LogP contribution in [-0.2, 0) is 4.79 Å². The summed E-state index contributed by atoms with van der Waals surface area (Å²) in [5.74, 6) is -1.11. The standard InChI is InChI=1S/C19H22N4O4S2/c1-23(19(27)22-18-21-9-16(29-18)28-10-15(24)25)14-6-5-12(8-14)11-3-2-4-13(7-11)17(20)26/h2-4,7,9,12,14H,5-6,8,10H2,1H3,(H2,20,26)(H,24,25)(H,21,22,27). The fourth-order valence-corrected chi connectivity index (χ4v) is 5.00. The van der Waals surface area contributed by atoms with E-state index in [1.54, 1.807) is 24.2 Å². The molecule has 29 heavy (non-hydrogen) atoms. The number of nitrogens with two attached hydrogens (primary N) is 1. The molecule has 1 heterocycles. The molecular weight excluding hydrogens is 412 g/mol. The van der Waals surface area contributed by atoms with Gasteiger partial charge in [0, 0.05) is 18.7 Å². The molecule has 0 aliphatic heterocycles. The van der Waals surface area contributed by atoms with E-state index in [1.165, 1.54) is 23.1 Å². The van der Waals surface area contributed by atoms with Crippen molar-refractivity contribution in [3.8, 4) is 0 Å². The van der Waals surface area contributed by atoms with Gasteiger partial charge in [-0.3, -0.25) is 14.9 Å². The van der Waals surface area contributed by atoms with Gasteiger partial charge in [0.25, 0.3) is 0 Å². The quantitative estimate of drug-likeness (QED) is 0.575. The third kappa shape index (κ3) is 5.48. The first-order valence-electron chi connectivity index (χ1n) is 9.07. The Morgan fingerprint density at radius 2 is 2.17 bits per heavy atom. The summed E-state index contributed by atoms with van der Waals surface area (Å²) in [4.78, 5) is 40.4. The molecule has 2 unspecified atom stereocenters. The molecule has 0 radical (unpaired) electrons. The van der Waals surface area contributed by atoms with Crippen molar-refractivity contribution in [2.24, 2.45) is 5.73 Å². The van der Waals surface area contributed by atoms with Gasteiger partial charge >= 0.3 is 12.0 Å². The van der Waals surface area contributed by atoms with E-state index in [4.69, 9.17) is 10.8 Å². The Bertz CT molecular complexity index is 917. The number of aromatic nitrogens is 1. The van der Waals surface area contributed by atoms with Crippen molar-refractivity contribution >= 4 is 46.1 Å². The van der Waals surface area contributed by atoms with Crippen LogP contribution in [0.1, 0.15) is 41.1 Å². The molecule has 10 heteroatoms. The van der Waals surface area contributed by atoms with E-state index in [9.17, 15) is 14.4 Å². The first kappa shape index (κ1) is 21.1. The van der Waals surface area contributed by atoms with Gasteiger partial charge in [-0.1, -0.05) is 23.5 Å². The van der Waals surface area contributed by atoms with Crippen molar-refractivity contribution in [3.05, 3.63) is 41.6 Å². The van der Waals surface area contributed by atoms with Gasteiger partial charge in [0.05, 0.1) is 16.2 Å². The molecular formula is C19H22N4O4S2. The number of rotatable bonds is 7. The maximum Gasteiger partial charge on any atom is 0.323 e. The van der Waals surface area contributed by atoms with Gasteiger partial charge in [0.15, 0.2) is 5.13 Å². The van der Waals surface area contributed by atoms with Crippen molar-refractivity contribution in [1.29, 1.82) is 0 Å². The molecule has 1 fully saturated rings. The van der Waals surface area contributed by atoms with Crippen LogP contribution in [-0.4, -0.2) is 51.7 Å². The molecule has 4 N–H and O–H groups in total. The highest BCUT2D eigenvalue weighted by Gasteiger charge is 2.31. The second-order valence-corrected chi connectivity index (χ2v) is 9.17. The zero-order valence-corrected chi connectivity index (χ0v) is 17.5. The Morgan fingerprint density at radius 3 is 2.90 bits per heavy atom. The average Bonchev–Trinajstić information content (AvgIpc) is 3.35. The second-order valence-electron chi connectivity index (χ2n) is 6.86. The zero-order chi connectivity index (χ0) is 21.0. The predicted molar refractivity (Wildman–Crippen MR) is 113 cm³/mol. The number of anilines is 1. The lowest BCUT2D eigenvalue weighted by Crippen LogP contribution is -2.38. The molecule has 0 bridgehead atoms. The highest BCUT2D eigenvalue weighted by atomic mass is 32.2. The lowest BCUT2D eigenvalue weighted by molar-refractivity contribution is -0.133. The molecule has 1 saturated carbocycles. The van der Waals surface area contributed by atoms with Gasteiger partial charge in [0.1, 0.15) is 0 Å². The third-order valence-corrected chi connectivity index (χ3v) is 7.04. The number of carboxylic acids is 1. The number of nitrogens with zero attached hydrogens (tertiary/aromatic N) is 2. The third-order valence-electron chi connectivity index (χ3n) is 4.95. The topological polar surface area (TPSA) is 126 Å². The van der Waals surface area contributed by atoms with Gasteiger partial charge in [-0.2, -0.15) is 0 Å². The van der Waals surface area contributed by atoms with Crippen LogP contribution in [0.4, 0.5) is 9.93 Å². The van der Waals surface area contributed by atoms with E-state index >= 15 is 0 Å². The maximum atomic E-state index is 12.6. The highest BCUT2D eigenvalue weighted by molar-refractivity contribution is 8.01. The summed E-state index contributed by atoms with van der Waals surface area (Å²) < 4.78 is 0.737. The molecule has 0 spiro atoms.